The highest BCUT2D eigenvalue weighted by atomic mass is 16.5. The summed E-state index contributed by atoms with van der Waals surface area (Å²) >= 11 is 0. The van der Waals surface area contributed by atoms with Crippen molar-refractivity contribution in [3.8, 4) is 0 Å². The molecule has 2 aromatic rings. The highest BCUT2D eigenvalue weighted by molar-refractivity contribution is 6.02. The molecule has 0 saturated heterocycles. The number of aromatic nitrogens is 4. The largest absolute Gasteiger partial charge is 0.474 e. The lowest BCUT2D eigenvalue weighted by molar-refractivity contribution is 0.291. The summed E-state index contributed by atoms with van der Waals surface area (Å²) in [6, 6.07) is 0.182. The van der Waals surface area contributed by atoms with E-state index in [4.69, 9.17) is 4.74 Å². The van der Waals surface area contributed by atoms with E-state index in [1.165, 1.54) is 6.33 Å². The lowest BCUT2D eigenvalue weighted by atomic mass is 10.1. The Bertz CT molecular complexity index is 605. The Balaban J connectivity index is 2.08. The normalized spacial score (nSPS) is 19.1. The van der Waals surface area contributed by atoms with Crippen LogP contribution in [0.15, 0.2) is 23.7 Å². The fraction of sp³-hybridized carbons (Fsp3) is 0.417. The molecule has 1 aliphatic rings. The zero-order chi connectivity index (χ0) is 12.5. The van der Waals surface area contributed by atoms with Gasteiger partial charge >= 0.3 is 0 Å². The van der Waals surface area contributed by atoms with Crippen LogP contribution in [0.25, 0.3) is 11.2 Å². The minimum atomic E-state index is 0.182. The van der Waals surface area contributed by atoms with Crippen molar-refractivity contribution in [3.05, 3.63) is 24.4 Å². The summed E-state index contributed by atoms with van der Waals surface area (Å²) in [6.07, 6.45) is 4.68. The van der Waals surface area contributed by atoms with Crippen molar-refractivity contribution in [3.63, 3.8) is 0 Å². The molecule has 1 atom stereocenters. The van der Waals surface area contributed by atoms with E-state index in [1.54, 1.807) is 12.4 Å². The first-order valence-corrected chi connectivity index (χ1v) is 5.88. The summed E-state index contributed by atoms with van der Waals surface area (Å²) in [5.41, 5.74) is 1.81. The molecule has 92 valence electrons. The molecule has 1 aliphatic heterocycles. The van der Waals surface area contributed by atoms with Gasteiger partial charge in [-0.25, -0.2) is 24.9 Å². The zero-order valence-corrected chi connectivity index (χ0v) is 10.2. The van der Waals surface area contributed by atoms with E-state index in [0.717, 1.165) is 0 Å². The average Bonchev–Trinajstić information content (AvgIpc) is 2.87. The van der Waals surface area contributed by atoms with Gasteiger partial charge in [-0.1, -0.05) is 13.8 Å². The Morgan fingerprint density at radius 3 is 2.78 bits per heavy atom. The molecule has 3 rings (SSSR count). The van der Waals surface area contributed by atoms with Gasteiger partial charge in [0.15, 0.2) is 11.3 Å². The Kier molecular flexibility index (Phi) is 2.62. The maximum atomic E-state index is 5.61. The van der Waals surface area contributed by atoms with Crippen molar-refractivity contribution in [1.82, 2.24) is 19.9 Å². The molecular formula is C12H13N5O. The van der Waals surface area contributed by atoms with Gasteiger partial charge in [-0.3, -0.25) is 0 Å². The second-order valence-corrected chi connectivity index (χ2v) is 4.51. The molecule has 0 N–H and O–H groups in total. The molecule has 0 amide bonds. The van der Waals surface area contributed by atoms with Gasteiger partial charge in [-0.05, 0) is 5.92 Å². The van der Waals surface area contributed by atoms with E-state index >= 15 is 0 Å². The maximum absolute atomic E-state index is 5.61. The van der Waals surface area contributed by atoms with Gasteiger partial charge in [0.05, 0.1) is 6.04 Å². The van der Waals surface area contributed by atoms with Crippen molar-refractivity contribution in [1.29, 1.82) is 0 Å². The molecular weight excluding hydrogens is 230 g/mol. The van der Waals surface area contributed by atoms with Gasteiger partial charge < -0.3 is 4.74 Å². The monoisotopic (exact) mass is 243 g/mol. The average molecular weight is 243 g/mol. The van der Waals surface area contributed by atoms with Crippen LogP contribution in [0.5, 0.6) is 0 Å². The number of rotatable bonds is 2. The van der Waals surface area contributed by atoms with E-state index in [2.05, 4.69) is 38.8 Å². The van der Waals surface area contributed by atoms with E-state index < -0.39 is 0 Å². The summed E-state index contributed by atoms with van der Waals surface area (Å²) in [4.78, 5) is 21.2. The smallest absolute Gasteiger partial charge is 0.238 e. The van der Waals surface area contributed by atoms with Crippen molar-refractivity contribution in [2.45, 2.75) is 19.9 Å². The Hall–Kier alpha value is -2.11. The SMILES string of the molecule is CC(C)C1COC(c2ncnc3nccnc23)=N1. The molecule has 1 unspecified atom stereocenters. The minimum Gasteiger partial charge on any atom is -0.474 e. The fourth-order valence-corrected chi connectivity index (χ4v) is 1.81. The topological polar surface area (TPSA) is 73.2 Å². The summed E-state index contributed by atoms with van der Waals surface area (Å²) in [5.74, 6) is 0.989. The van der Waals surface area contributed by atoms with Gasteiger partial charge in [0, 0.05) is 12.4 Å². The summed E-state index contributed by atoms with van der Waals surface area (Å²) < 4.78 is 5.61. The molecule has 0 spiro atoms. The first-order valence-electron chi connectivity index (χ1n) is 5.88. The Labute approximate surface area is 104 Å². The molecule has 6 nitrogen and oxygen atoms in total. The van der Waals surface area contributed by atoms with Crippen LogP contribution in [-0.4, -0.2) is 38.5 Å². The van der Waals surface area contributed by atoms with Crippen LogP contribution in [0.1, 0.15) is 19.5 Å². The van der Waals surface area contributed by atoms with Crippen LogP contribution in [0.2, 0.25) is 0 Å². The molecule has 0 bridgehead atoms. The predicted molar refractivity (Wildman–Crippen MR) is 66.2 cm³/mol. The number of hydrogen-bond acceptors (Lipinski definition) is 6. The summed E-state index contributed by atoms with van der Waals surface area (Å²) in [7, 11) is 0. The van der Waals surface area contributed by atoms with Crippen LogP contribution >= 0.6 is 0 Å². The molecule has 2 aromatic heterocycles. The van der Waals surface area contributed by atoms with Gasteiger partial charge in [-0.15, -0.1) is 0 Å². The second kappa shape index (κ2) is 4.29. The molecule has 0 saturated carbocycles. The van der Waals surface area contributed by atoms with Crippen LogP contribution in [0, 0.1) is 5.92 Å². The van der Waals surface area contributed by atoms with Crippen LogP contribution in [-0.2, 0) is 4.74 Å². The molecule has 0 fully saturated rings. The summed E-state index contributed by atoms with van der Waals surface area (Å²) in [6.45, 7) is 4.84. The molecule has 3 heterocycles. The number of nitrogens with zero attached hydrogens (tertiary/aromatic N) is 5. The van der Waals surface area contributed by atoms with Crippen molar-refractivity contribution in [2.24, 2.45) is 10.9 Å². The van der Waals surface area contributed by atoms with E-state index in [1.807, 2.05) is 0 Å². The van der Waals surface area contributed by atoms with Crippen molar-refractivity contribution in [2.75, 3.05) is 6.61 Å². The lowest BCUT2D eigenvalue weighted by Gasteiger charge is -2.06. The third kappa shape index (κ3) is 1.79. The fourth-order valence-electron chi connectivity index (χ4n) is 1.81. The van der Waals surface area contributed by atoms with Gasteiger partial charge in [0.1, 0.15) is 18.5 Å². The Morgan fingerprint density at radius 2 is 2.00 bits per heavy atom. The first kappa shape index (κ1) is 11.0. The number of fused-ring (bicyclic) bond motifs is 1. The van der Waals surface area contributed by atoms with Crippen LogP contribution in [0.4, 0.5) is 0 Å². The Morgan fingerprint density at radius 1 is 1.17 bits per heavy atom. The van der Waals surface area contributed by atoms with Gasteiger partial charge in [0.2, 0.25) is 5.90 Å². The highest BCUT2D eigenvalue weighted by Gasteiger charge is 2.25. The zero-order valence-electron chi connectivity index (χ0n) is 10.2. The van der Waals surface area contributed by atoms with Crippen LogP contribution < -0.4 is 0 Å². The minimum absolute atomic E-state index is 0.182. The van der Waals surface area contributed by atoms with Crippen LogP contribution in [0.3, 0.4) is 0 Å². The molecule has 18 heavy (non-hydrogen) atoms. The molecule has 0 aromatic carbocycles. The number of aliphatic imine (C=N–C) groups is 1. The molecule has 0 radical (unpaired) electrons. The van der Waals surface area contributed by atoms with Crippen molar-refractivity contribution >= 4 is 17.1 Å². The number of hydrogen-bond donors (Lipinski definition) is 0. The van der Waals surface area contributed by atoms with Gasteiger partial charge in [-0.2, -0.15) is 0 Å². The van der Waals surface area contributed by atoms with E-state index in [9.17, 15) is 0 Å². The quantitative estimate of drug-likeness (QED) is 0.793. The van der Waals surface area contributed by atoms with Crippen molar-refractivity contribution < 1.29 is 4.74 Å². The number of ether oxygens (including phenoxy) is 1. The van der Waals surface area contributed by atoms with E-state index in [0.29, 0.717) is 35.3 Å². The third-order valence-electron chi connectivity index (χ3n) is 2.92. The molecule has 6 heteroatoms. The first-order chi connectivity index (χ1) is 8.75. The maximum Gasteiger partial charge on any atom is 0.238 e. The second-order valence-electron chi connectivity index (χ2n) is 4.51. The van der Waals surface area contributed by atoms with Gasteiger partial charge in [0.25, 0.3) is 0 Å². The summed E-state index contributed by atoms with van der Waals surface area (Å²) in [5, 5.41) is 0. The third-order valence-corrected chi connectivity index (χ3v) is 2.92. The highest BCUT2D eigenvalue weighted by Crippen LogP contribution is 2.19. The lowest BCUT2D eigenvalue weighted by Crippen LogP contribution is -2.13. The van der Waals surface area contributed by atoms with E-state index in [-0.39, 0.29) is 6.04 Å². The predicted octanol–water partition coefficient (Wildman–Crippen LogP) is 1.22. The standard InChI is InChI=1S/C12H13N5O/c1-7(2)8-5-18-12(17-8)10-9-11(16-6-15-10)14-4-3-13-9/h3-4,6-8H,5H2,1-2H3. The molecule has 0 aliphatic carbocycles.